The molecule has 0 radical (unpaired) electrons. The quantitative estimate of drug-likeness (QED) is 0.0636. The minimum atomic E-state index is -5.04. The molecule has 0 spiro atoms. The van der Waals surface area contributed by atoms with Crippen molar-refractivity contribution in [1.29, 1.82) is 0 Å². The first-order valence-corrected chi connectivity index (χ1v) is 13.0. The van der Waals surface area contributed by atoms with Gasteiger partial charge in [-0.05, 0) is 19.3 Å². The molecule has 1 fully saturated rings. The van der Waals surface area contributed by atoms with Crippen LogP contribution in [0.25, 0.3) is 0 Å². The molecule has 12 heteroatoms. The normalized spacial score (nSPS) is 21.2. The molecule has 0 aromatic rings. The number of rotatable bonds is 17. The van der Waals surface area contributed by atoms with Crippen LogP contribution in [0.4, 0.5) is 0 Å². The summed E-state index contributed by atoms with van der Waals surface area (Å²) in [6.45, 7) is 1.33. The van der Waals surface area contributed by atoms with Gasteiger partial charge >= 0.3 is 65.1 Å². The molecule has 34 heavy (non-hydrogen) atoms. The number of phosphoric acid groups is 1. The fraction of sp³-hybridized carbons (Fsp3) is 0.818. The largest absolute Gasteiger partial charge is 1.00 e. The number of aliphatic hydroxyl groups is 2. The summed E-state index contributed by atoms with van der Waals surface area (Å²) in [6.07, 6.45) is 9.97. The van der Waals surface area contributed by atoms with Crippen LogP contribution >= 0.6 is 7.82 Å². The fourth-order valence-electron chi connectivity index (χ4n) is 3.91. The monoisotopic (exact) mass is 522 g/mol. The zero-order chi connectivity index (χ0) is 24.0. The van der Waals surface area contributed by atoms with Crippen molar-refractivity contribution in [3.63, 3.8) is 0 Å². The van der Waals surface area contributed by atoms with Gasteiger partial charge < -0.3 is 33.8 Å². The molecule has 0 amide bonds. The van der Waals surface area contributed by atoms with E-state index in [9.17, 15) is 34.2 Å². The number of unbranched alkanes of at least 4 members (excludes halogenated alkanes) is 5. The number of hydrogen-bond acceptors (Lipinski definition) is 9. The van der Waals surface area contributed by atoms with Crippen LogP contribution in [0.3, 0.4) is 0 Å². The fourth-order valence-corrected chi connectivity index (χ4v) is 4.21. The average Bonchev–Trinajstić information content (AvgIpc) is 2.98. The Morgan fingerprint density at radius 2 is 1.82 bits per heavy atom. The van der Waals surface area contributed by atoms with Gasteiger partial charge in [-0.1, -0.05) is 57.6 Å². The summed E-state index contributed by atoms with van der Waals surface area (Å²) in [5, 5.41) is 20.3. The van der Waals surface area contributed by atoms with Gasteiger partial charge in [-0.2, -0.15) is 0 Å². The second-order valence-corrected chi connectivity index (χ2v) is 9.48. The Morgan fingerprint density at radius 1 is 1.15 bits per heavy atom. The molecule has 4 atom stereocenters. The van der Waals surface area contributed by atoms with Gasteiger partial charge in [0.05, 0.1) is 26.6 Å². The van der Waals surface area contributed by atoms with Crippen LogP contribution in [-0.4, -0.2) is 47.4 Å². The molecule has 1 aliphatic rings. The molecule has 0 unspecified atom stereocenters. The van der Waals surface area contributed by atoms with Gasteiger partial charge in [0, 0.05) is 24.7 Å². The van der Waals surface area contributed by atoms with Gasteiger partial charge in [0.1, 0.15) is 12.4 Å². The van der Waals surface area contributed by atoms with E-state index in [0.717, 1.165) is 38.5 Å². The van der Waals surface area contributed by atoms with E-state index in [4.69, 9.17) is 4.74 Å². The zero-order valence-electron chi connectivity index (χ0n) is 20.9. The number of carbonyl (C=O) groups is 2. The maximum absolute atomic E-state index is 12.3. The Labute approximate surface area is 247 Å². The number of ether oxygens (including phenoxy) is 1. The molecule has 2 N–H and O–H groups in total. The smallest absolute Gasteiger partial charge is 0.790 e. The maximum atomic E-state index is 12.3. The third-order valence-corrected chi connectivity index (χ3v) is 6.13. The number of Topliss-reactive ketones (excluding diaryl/α,β-unsaturated/α-hetero) is 1. The number of phosphoric ester groups is 1. The molecule has 1 saturated carbocycles. The molecule has 0 aromatic carbocycles. The topological polar surface area (TPSA) is 156 Å². The van der Waals surface area contributed by atoms with Gasteiger partial charge in [0.2, 0.25) is 0 Å². The van der Waals surface area contributed by atoms with Gasteiger partial charge in [-0.15, -0.1) is 0 Å². The zero-order valence-corrected chi connectivity index (χ0v) is 25.8. The number of esters is 1. The molecule has 0 heterocycles. The summed E-state index contributed by atoms with van der Waals surface area (Å²) in [6, 6.07) is 0. The van der Waals surface area contributed by atoms with Crippen LogP contribution in [0.5, 0.6) is 0 Å². The first kappa shape index (κ1) is 37.1. The molecule has 9 nitrogen and oxygen atoms in total. The summed E-state index contributed by atoms with van der Waals surface area (Å²) in [4.78, 5) is 44.4. The van der Waals surface area contributed by atoms with E-state index in [1.807, 2.05) is 0 Å². The van der Waals surface area contributed by atoms with Crippen LogP contribution in [-0.2, 0) is 23.4 Å². The molecule has 1 rings (SSSR count). The van der Waals surface area contributed by atoms with Crippen molar-refractivity contribution in [2.45, 2.75) is 89.8 Å². The second-order valence-electron chi connectivity index (χ2n) is 8.32. The van der Waals surface area contributed by atoms with E-state index < -0.39 is 32.6 Å². The Balaban J connectivity index is 0. The van der Waals surface area contributed by atoms with E-state index in [1.54, 1.807) is 12.2 Å². The number of ketones is 1. The van der Waals surface area contributed by atoms with Crippen molar-refractivity contribution >= 4 is 19.6 Å². The Morgan fingerprint density at radius 3 is 2.47 bits per heavy atom. The third kappa shape index (κ3) is 17.4. The number of carbonyl (C=O) groups excluding carboxylic acids is 2. The molecule has 186 valence electrons. The summed E-state index contributed by atoms with van der Waals surface area (Å²) in [5.74, 6) is -0.942. The van der Waals surface area contributed by atoms with Crippen LogP contribution < -0.4 is 68.9 Å². The Hall–Kier alpha value is 0.910. The van der Waals surface area contributed by atoms with Gasteiger partial charge in [0.25, 0.3) is 0 Å². The molecule has 0 aliphatic heterocycles. The van der Waals surface area contributed by atoms with Gasteiger partial charge in [-0.25, -0.2) is 0 Å². The van der Waals surface area contributed by atoms with Crippen molar-refractivity contribution in [2.24, 2.45) is 11.8 Å². The van der Waals surface area contributed by atoms with Crippen LogP contribution in [0.2, 0.25) is 0 Å². The minimum Gasteiger partial charge on any atom is -0.790 e. The first-order valence-electron chi connectivity index (χ1n) is 11.5. The van der Waals surface area contributed by atoms with Crippen molar-refractivity contribution in [3.8, 4) is 0 Å². The van der Waals surface area contributed by atoms with E-state index in [2.05, 4.69) is 11.4 Å². The van der Waals surface area contributed by atoms with Crippen LogP contribution in [0.15, 0.2) is 12.2 Å². The van der Waals surface area contributed by atoms with Crippen LogP contribution in [0.1, 0.15) is 77.6 Å². The summed E-state index contributed by atoms with van der Waals surface area (Å²) < 4.78 is 19.0. The van der Waals surface area contributed by atoms with E-state index in [0.29, 0.717) is 19.3 Å². The maximum Gasteiger partial charge on any atom is 1.00 e. The van der Waals surface area contributed by atoms with Gasteiger partial charge in [-0.3, -0.25) is 9.59 Å². The van der Waals surface area contributed by atoms with E-state index in [-0.39, 0.29) is 96.2 Å². The first-order chi connectivity index (χ1) is 15.1. The average molecular weight is 522 g/mol. The molecule has 0 aromatic heterocycles. The summed E-state index contributed by atoms with van der Waals surface area (Å²) in [5.41, 5.74) is 0. The Bertz CT molecular complexity index is 642. The predicted octanol–water partition coefficient (Wildman–Crippen LogP) is -4.21. The van der Waals surface area contributed by atoms with Crippen LogP contribution in [0, 0.1) is 11.8 Å². The molecular weight excluding hydrogens is 485 g/mol. The van der Waals surface area contributed by atoms with Gasteiger partial charge in [0.15, 0.2) is 0 Å². The minimum absolute atomic E-state index is 0. The standard InChI is InChI=1S/C22H39O9P.2Na/c1-2-3-6-9-17(23)12-13-19-18(20(24)16-21(19)25)10-7-4-5-8-11-22(26)30-14-15-31-32(27,28)29;;/h12-13,17-19,21,23,25H,2-11,14-16H2,1H3,(H2,27,28,29);;/q;2*+1/p-2/b13-12+;;/t17-,18+,19+,21+;;/m0../s1. The molecular formula is C22H37Na2O9P. The number of hydrogen-bond donors (Lipinski definition) is 2. The van der Waals surface area contributed by atoms with E-state index >= 15 is 0 Å². The van der Waals surface area contributed by atoms with Crippen molar-refractivity contribution in [2.75, 3.05) is 13.2 Å². The van der Waals surface area contributed by atoms with Crippen molar-refractivity contribution in [3.05, 3.63) is 12.2 Å². The Kier molecular flexibility index (Phi) is 22.8. The van der Waals surface area contributed by atoms with E-state index in [1.165, 1.54) is 0 Å². The summed E-state index contributed by atoms with van der Waals surface area (Å²) >= 11 is 0. The number of aliphatic hydroxyl groups excluding tert-OH is 2. The molecule has 0 bridgehead atoms. The SMILES string of the molecule is CCCCC[C@H](O)/C=C/[C@H]1[C@H](O)CC(=O)[C@@H]1CCCCCCC(=O)OCCOP(=O)([O-])[O-].[Na+].[Na+]. The molecule has 1 aliphatic carbocycles. The molecule has 0 saturated heterocycles. The van der Waals surface area contributed by atoms with Crippen molar-refractivity contribution in [1.82, 2.24) is 0 Å². The second kappa shape index (κ2) is 20.9. The third-order valence-electron chi connectivity index (χ3n) is 5.63. The van der Waals surface area contributed by atoms with Crippen molar-refractivity contribution < 1.29 is 103 Å². The summed E-state index contributed by atoms with van der Waals surface area (Å²) in [7, 11) is -5.04. The predicted molar refractivity (Wildman–Crippen MR) is 114 cm³/mol.